The molecule has 5 heteroatoms. The first-order chi connectivity index (χ1) is 12.2. The van der Waals surface area contributed by atoms with E-state index < -0.39 is 0 Å². The summed E-state index contributed by atoms with van der Waals surface area (Å²) >= 11 is 1.80. The largest absolute Gasteiger partial charge is 0.357 e. The monoisotopic (exact) mass is 358 g/mol. The van der Waals surface area contributed by atoms with E-state index in [4.69, 9.17) is 4.99 Å². The molecular formula is C20H30N4S. The van der Waals surface area contributed by atoms with Crippen molar-refractivity contribution in [1.29, 1.82) is 0 Å². The van der Waals surface area contributed by atoms with Crippen molar-refractivity contribution in [3.63, 3.8) is 0 Å². The quantitative estimate of drug-likeness (QED) is 0.532. The van der Waals surface area contributed by atoms with Crippen molar-refractivity contribution in [3.8, 4) is 0 Å². The standard InChI is InChI=1S/C20H30N4S/c1-4-21-20(22-12-11-19-10-7-13-25-19)23-15-17-8-6-9-18(14-17)16-24(3)5-2/h6-10,13-14H,4-5,11-12,15-16H2,1-3H3,(H2,21,22,23). The number of thiophene rings is 1. The molecule has 0 aliphatic carbocycles. The SMILES string of the molecule is CCNC(=NCc1cccc(CN(C)CC)c1)NCCc1cccs1. The van der Waals surface area contributed by atoms with Gasteiger partial charge in [0.15, 0.2) is 5.96 Å². The van der Waals surface area contributed by atoms with E-state index in [1.54, 1.807) is 11.3 Å². The van der Waals surface area contributed by atoms with Crippen LogP contribution in [0, 0.1) is 0 Å². The van der Waals surface area contributed by atoms with Crippen molar-refractivity contribution >= 4 is 17.3 Å². The van der Waals surface area contributed by atoms with E-state index in [1.807, 2.05) is 0 Å². The zero-order valence-electron chi connectivity index (χ0n) is 15.6. The molecule has 136 valence electrons. The number of aliphatic imine (C=N–C) groups is 1. The van der Waals surface area contributed by atoms with Crippen molar-refractivity contribution < 1.29 is 0 Å². The Balaban J connectivity index is 1.89. The highest BCUT2D eigenvalue weighted by atomic mass is 32.1. The van der Waals surface area contributed by atoms with E-state index in [1.165, 1.54) is 16.0 Å². The smallest absolute Gasteiger partial charge is 0.191 e. The maximum Gasteiger partial charge on any atom is 0.191 e. The van der Waals surface area contributed by atoms with Crippen LogP contribution in [0.15, 0.2) is 46.8 Å². The molecule has 0 saturated heterocycles. The van der Waals surface area contributed by atoms with Crippen LogP contribution < -0.4 is 10.6 Å². The number of nitrogens with one attached hydrogen (secondary N) is 2. The summed E-state index contributed by atoms with van der Waals surface area (Å²) in [6.07, 6.45) is 1.03. The Morgan fingerprint density at radius 2 is 1.96 bits per heavy atom. The average molecular weight is 359 g/mol. The minimum Gasteiger partial charge on any atom is -0.357 e. The van der Waals surface area contributed by atoms with E-state index in [0.717, 1.165) is 38.6 Å². The van der Waals surface area contributed by atoms with E-state index in [9.17, 15) is 0 Å². The lowest BCUT2D eigenvalue weighted by atomic mass is 10.1. The summed E-state index contributed by atoms with van der Waals surface area (Å²) in [6, 6.07) is 13.0. The molecule has 0 aliphatic heterocycles. The second-order valence-electron chi connectivity index (χ2n) is 6.10. The first kappa shape index (κ1) is 19.5. The zero-order chi connectivity index (χ0) is 17.9. The Bertz CT molecular complexity index is 637. The normalized spacial score (nSPS) is 11.8. The Labute approximate surface area is 156 Å². The first-order valence-electron chi connectivity index (χ1n) is 9.02. The maximum absolute atomic E-state index is 4.73. The molecule has 0 radical (unpaired) electrons. The number of guanidine groups is 1. The van der Waals surface area contributed by atoms with Crippen LogP contribution in [-0.4, -0.2) is 37.5 Å². The summed E-state index contributed by atoms with van der Waals surface area (Å²) in [5.74, 6) is 0.884. The second kappa shape index (κ2) is 10.9. The molecule has 1 aromatic heterocycles. The molecule has 2 aromatic rings. The van der Waals surface area contributed by atoms with Crippen LogP contribution in [0.3, 0.4) is 0 Å². The fourth-order valence-electron chi connectivity index (χ4n) is 2.52. The Morgan fingerprint density at radius 1 is 1.12 bits per heavy atom. The van der Waals surface area contributed by atoms with Gasteiger partial charge in [0.25, 0.3) is 0 Å². The van der Waals surface area contributed by atoms with Crippen LogP contribution in [0.5, 0.6) is 0 Å². The van der Waals surface area contributed by atoms with Crippen LogP contribution in [0.25, 0.3) is 0 Å². The van der Waals surface area contributed by atoms with Gasteiger partial charge in [-0.25, -0.2) is 4.99 Å². The molecule has 0 fully saturated rings. The van der Waals surface area contributed by atoms with Crippen molar-refractivity contribution in [2.24, 2.45) is 4.99 Å². The van der Waals surface area contributed by atoms with E-state index in [0.29, 0.717) is 6.54 Å². The number of hydrogen-bond acceptors (Lipinski definition) is 3. The summed E-state index contributed by atoms with van der Waals surface area (Å²) < 4.78 is 0. The lowest BCUT2D eigenvalue weighted by molar-refractivity contribution is 0.345. The van der Waals surface area contributed by atoms with Gasteiger partial charge >= 0.3 is 0 Å². The van der Waals surface area contributed by atoms with Crippen LogP contribution in [0.4, 0.5) is 0 Å². The highest BCUT2D eigenvalue weighted by Gasteiger charge is 2.01. The third-order valence-electron chi connectivity index (χ3n) is 3.99. The van der Waals surface area contributed by atoms with Crippen molar-refractivity contribution in [2.75, 3.05) is 26.7 Å². The van der Waals surface area contributed by atoms with Gasteiger partial charge in [-0.15, -0.1) is 11.3 Å². The zero-order valence-corrected chi connectivity index (χ0v) is 16.4. The highest BCUT2D eigenvalue weighted by Crippen LogP contribution is 2.09. The summed E-state index contributed by atoms with van der Waals surface area (Å²) in [4.78, 5) is 8.43. The van der Waals surface area contributed by atoms with Gasteiger partial charge in [-0.2, -0.15) is 0 Å². The minimum atomic E-state index is 0.692. The van der Waals surface area contributed by atoms with Gasteiger partial charge in [0, 0.05) is 24.5 Å². The Morgan fingerprint density at radius 3 is 2.68 bits per heavy atom. The van der Waals surface area contributed by atoms with Crippen LogP contribution >= 0.6 is 11.3 Å². The molecule has 0 spiro atoms. The van der Waals surface area contributed by atoms with Gasteiger partial charge in [-0.1, -0.05) is 37.3 Å². The molecule has 0 saturated carbocycles. The van der Waals surface area contributed by atoms with Crippen molar-refractivity contribution in [3.05, 3.63) is 57.8 Å². The molecule has 1 heterocycles. The number of rotatable bonds is 9. The molecule has 25 heavy (non-hydrogen) atoms. The summed E-state index contributed by atoms with van der Waals surface area (Å²) in [7, 11) is 2.14. The molecule has 0 amide bonds. The Kier molecular flexibility index (Phi) is 8.49. The van der Waals surface area contributed by atoms with E-state index >= 15 is 0 Å². The van der Waals surface area contributed by atoms with Gasteiger partial charge in [-0.3, -0.25) is 0 Å². The lowest BCUT2D eigenvalue weighted by Gasteiger charge is -2.14. The maximum atomic E-state index is 4.73. The molecule has 0 aliphatic rings. The van der Waals surface area contributed by atoms with Gasteiger partial charge in [-0.05, 0) is 49.5 Å². The summed E-state index contributed by atoms with van der Waals surface area (Å²) in [6.45, 7) is 8.77. The molecule has 0 unspecified atom stereocenters. The molecular weight excluding hydrogens is 328 g/mol. The number of benzene rings is 1. The molecule has 4 nitrogen and oxygen atoms in total. The fraction of sp³-hybridized carbons (Fsp3) is 0.450. The van der Waals surface area contributed by atoms with Crippen molar-refractivity contribution in [1.82, 2.24) is 15.5 Å². The topological polar surface area (TPSA) is 39.7 Å². The fourth-order valence-corrected chi connectivity index (χ4v) is 3.23. The lowest BCUT2D eigenvalue weighted by Crippen LogP contribution is -2.38. The predicted molar refractivity (Wildman–Crippen MR) is 109 cm³/mol. The van der Waals surface area contributed by atoms with Gasteiger partial charge in [0.1, 0.15) is 0 Å². The number of hydrogen-bond donors (Lipinski definition) is 2. The molecule has 2 rings (SSSR count). The van der Waals surface area contributed by atoms with Gasteiger partial charge < -0.3 is 15.5 Å². The molecule has 2 N–H and O–H groups in total. The Hall–Kier alpha value is -1.85. The summed E-state index contributed by atoms with van der Waals surface area (Å²) in [5.41, 5.74) is 2.59. The minimum absolute atomic E-state index is 0.692. The molecule has 0 atom stereocenters. The highest BCUT2D eigenvalue weighted by molar-refractivity contribution is 7.09. The molecule has 1 aromatic carbocycles. The van der Waals surface area contributed by atoms with E-state index in [2.05, 4.69) is 78.2 Å². The van der Waals surface area contributed by atoms with E-state index in [-0.39, 0.29) is 0 Å². The van der Waals surface area contributed by atoms with Crippen LogP contribution in [-0.2, 0) is 19.5 Å². The summed E-state index contributed by atoms with van der Waals surface area (Å²) in [5, 5.41) is 8.87. The van der Waals surface area contributed by atoms with Crippen LogP contribution in [0.2, 0.25) is 0 Å². The molecule has 0 bridgehead atoms. The van der Waals surface area contributed by atoms with Gasteiger partial charge in [0.05, 0.1) is 6.54 Å². The predicted octanol–water partition coefficient (Wildman–Crippen LogP) is 3.50. The van der Waals surface area contributed by atoms with Crippen LogP contribution in [0.1, 0.15) is 29.9 Å². The third-order valence-corrected chi connectivity index (χ3v) is 4.93. The second-order valence-corrected chi connectivity index (χ2v) is 7.13. The van der Waals surface area contributed by atoms with Gasteiger partial charge in [0.2, 0.25) is 0 Å². The third kappa shape index (κ3) is 7.28. The van der Waals surface area contributed by atoms with Crippen molar-refractivity contribution in [2.45, 2.75) is 33.4 Å². The number of nitrogens with zero attached hydrogens (tertiary/aromatic N) is 2. The average Bonchev–Trinajstić information content (AvgIpc) is 3.13. The first-order valence-corrected chi connectivity index (χ1v) is 9.90.